The molecule has 4 nitrogen and oxygen atoms in total. The molecule has 0 heterocycles. The topological polar surface area (TPSA) is 51.1 Å². The largest absolute Gasteiger partial charge is 0.354 e. The van der Waals surface area contributed by atoms with Crippen molar-refractivity contribution in [3.05, 3.63) is 77.4 Å². The average Bonchev–Trinajstić information content (AvgIpc) is 2.86. The van der Waals surface area contributed by atoms with Crippen LogP contribution in [0.3, 0.4) is 0 Å². The minimum atomic E-state index is 0.633. The van der Waals surface area contributed by atoms with Crippen molar-refractivity contribution in [1.82, 2.24) is 4.72 Å². The number of nitrogens with one attached hydrogen (secondary N) is 2. The Kier molecular flexibility index (Phi) is 7.59. The van der Waals surface area contributed by atoms with E-state index in [1.54, 1.807) is 0 Å². The zero-order valence-electron chi connectivity index (χ0n) is 19.7. The summed E-state index contributed by atoms with van der Waals surface area (Å²) in [5.74, 6) is 0.731. The van der Waals surface area contributed by atoms with Crippen molar-refractivity contribution in [3.63, 3.8) is 0 Å². The third kappa shape index (κ3) is 5.52. The summed E-state index contributed by atoms with van der Waals surface area (Å²) in [6, 6.07) is 23.7. The van der Waals surface area contributed by atoms with Crippen LogP contribution in [0.2, 0.25) is 0 Å². The van der Waals surface area contributed by atoms with E-state index >= 15 is 0 Å². The Bertz CT molecular complexity index is 1130. The molecule has 0 atom stereocenters. The second-order valence-electron chi connectivity index (χ2n) is 8.74. The normalized spacial score (nSPS) is 14.0. The molecular formula is C28H32N4S. The highest BCUT2D eigenvalue weighted by atomic mass is 32.2. The van der Waals surface area contributed by atoms with Gasteiger partial charge in [-0.3, -0.25) is 4.72 Å². The molecule has 1 fully saturated rings. The van der Waals surface area contributed by atoms with Crippen molar-refractivity contribution in [3.8, 4) is 6.07 Å². The Hall–Kier alpha value is -2.94. The Morgan fingerprint density at radius 2 is 1.61 bits per heavy atom. The summed E-state index contributed by atoms with van der Waals surface area (Å²) >= 11 is 1.50. The summed E-state index contributed by atoms with van der Waals surface area (Å²) in [4.78, 5) is 3.24. The molecule has 3 aromatic carbocycles. The third-order valence-electron chi connectivity index (χ3n) is 6.55. The van der Waals surface area contributed by atoms with Crippen LogP contribution >= 0.6 is 11.9 Å². The van der Waals surface area contributed by atoms with Gasteiger partial charge in [0.2, 0.25) is 0 Å². The van der Waals surface area contributed by atoms with Gasteiger partial charge < -0.3 is 10.2 Å². The van der Waals surface area contributed by atoms with E-state index in [9.17, 15) is 5.26 Å². The smallest absolute Gasteiger partial charge is 0.101 e. The highest BCUT2D eigenvalue weighted by Gasteiger charge is 2.16. The molecule has 0 amide bonds. The zero-order chi connectivity index (χ0) is 23.2. The van der Waals surface area contributed by atoms with Gasteiger partial charge in [0.1, 0.15) is 6.07 Å². The maximum Gasteiger partial charge on any atom is 0.101 e. The number of nitriles is 1. The van der Waals surface area contributed by atoms with Crippen molar-refractivity contribution in [1.29, 1.82) is 5.26 Å². The van der Waals surface area contributed by atoms with E-state index in [0.29, 0.717) is 5.56 Å². The van der Waals surface area contributed by atoms with Gasteiger partial charge in [-0.1, -0.05) is 31.4 Å². The quantitative estimate of drug-likeness (QED) is 0.358. The fourth-order valence-electron chi connectivity index (χ4n) is 4.60. The number of rotatable bonds is 7. The summed E-state index contributed by atoms with van der Waals surface area (Å²) in [6.45, 7) is 2.10. The Balaban J connectivity index is 1.49. The second-order valence-corrected chi connectivity index (χ2v) is 9.82. The van der Waals surface area contributed by atoms with E-state index in [-0.39, 0.29) is 0 Å². The van der Waals surface area contributed by atoms with Crippen LogP contribution in [-0.2, 0) is 0 Å². The van der Waals surface area contributed by atoms with Crippen LogP contribution in [0.5, 0.6) is 0 Å². The lowest BCUT2D eigenvalue weighted by Gasteiger charge is -2.24. The molecule has 1 aliphatic carbocycles. The van der Waals surface area contributed by atoms with Gasteiger partial charge in [-0.05, 0) is 104 Å². The number of nitrogens with zero attached hydrogens (tertiary/aromatic N) is 2. The number of benzene rings is 3. The molecule has 1 aliphatic rings. The minimum Gasteiger partial charge on any atom is -0.354 e. The molecule has 1 saturated carbocycles. The van der Waals surface area contributed by atoms with Crippen LogP contribution in [0.1, 0.15) is 54.7 Å². The van der Waals surface area contributed by atoms with Crippen LogP contribution in [0.25, 0.3) is 0 Å². The monoisotopic (exact) mass is 456 g/mol. The van der Waals surface area contributed by atoms with E-state index in [4.69, 9.17) is 0 Å². The van der Waals surface area contributed by atoms with Gasteiger partial charge in [0.15, 0.2) is 0 Å². The lowest BCUT2D eigenvalue weighted by atomic mass is 9.84. The third-order valence-corrected chi connectivity index (χ3v) is 7.25. The van der Waals surface area contributed by atoms with Crippen molar-refractivity contribution in [2.45, 2.75) is 49.8 Å². The standard InChI is InChI=1S/C28H32N4S/c1-20-17-25(32(3)24-11-9-22(10-12-24)21-7-5-4-6-8-21)13-15-27(20)31-28-16-14-26(33-30-2)18-23(28)19-29/h9-18,21,30-31H,4-8H2,1-3H3. The maximum absolute atomic E-state index is 9.58. The van der Waals surface area contributed by atoms with E-state index in [2.05, 4.69) is 77.4 Å². The summed E-state index contributed by atoms with van der Waals surface area (Å²) in [5.41, 5.74) is 7.41. The van der Waals surface area contributed by atoms with Gasteiger partial charge in [-0.25, -0.2) is 0 Å². The van der Waals surface area contributed by atoms with Crippen LogP contribution in [0, 0.1) is 18.3 Å². The first kappa shape index (κ1) is 23.2. The van der Waals surface area contributed by atoms with Gasteiger partial charge in [0, 0.05) is 29.0 Å². The van der Waals surface area contributed by atoms with Crippen LogP contribution in [-0.4, -0.2) is 14.1 Å². The molecule has 0 aliphatic heterocycles. The Morgan fingerprint density at radius 3 is 2.27 bits per heavy atom. The fourth-order valence-corrected chi connectivity index (χ4v) is 5.15. The van der Waals surface area contributed by atoms with E-state index in [0.717, 1.165) is 33.4 Å². The van der Waals surface area contributed by atoms with E-state index < -0.39 is 0 Å². The van der Waals surface area contributed by atoms with E-state index in [1.165, 1.54) is 55.3 Å². The van der Waals surface area contributed by atoms with Crippen molar-refractivity contribution in [2.24, 2.45) is 0 Å². The highest BCUT2D eigenvalue weighted by Crippen LogP contribution is 2.35. The first-order valence-electron chi connectivity index (χ1n) is 11.7. The van der Waals surface area contributed by atoms with Gasteiger partial charge in [-0.2, -0.15) is 5.26 Å². The number of hydrogen-bond donors (Lipinski definition) is 2. The number of anilines is 4. The zero-order valence-corrected chi connectivity index (χ0v) is 20.5. The molecule has 0 unspecified atom stereocenters. The molecule has 2 N–H and O–H groups in total. The highest BCUT2D eigenvalue weighted by molar-refractivity contribution is 7.97. The van der Waals surface area contributed by atoms with Gasteiger partial charge in [0.05, 0.1) is 11.3 Å². The first-order chi connectivity index (χ1) is 16.1. The first-order valence-corrected chi connectivity index (χ1v) is 12.5. The molecule has 0 spiro atoms. The van der Waals surface area contributed by atoms with Crippen LogP contribution in [0.15, 0.2) is 65.6 Å². The van der Waals surface area contributed by atoms with Crippen molar-refractivity contribution in [2.75, 3.05) is 24.3 Å². The second kappa shape index (κ2) is 10.8. The molecule has 0 radical (unpaired) electrons. The average molecular weight is 457 g/mol. The lowest BCUT2D eigenvalue weighted by Crippen LogP contribution is -2.10. The van der Waals surface area contributed by atoms with Crippen LogP contribution < -0.4 is 14.9 Å². The molecule has 3 aromatic rings. The summed E-state index contributed by atoms with van der Waals surface area (Å²) in [5, 5.41) is 13.0. The molecule has 0 bridgehead atoms. The SMILES string of the molecule is CNSc1ccc(Nc2ccc(N(C)c3ccc(C4CCCCC4)cc3)cc2C)c(C#N)c1. The maximum atomic E-state index is 9.58. The molecular weight excluding hydrogens is 424 g/mol. The number of aryl methyl sites for hydroxylation is 1. The van der Waals surface area contributed by atoms with E-state index in [1.807, 2.05) is 25.2 Å². The number of hydrogen-bond acceptors (Lipinski definition) is 5. The molecule has 0 saturated heterocycles. The lowest BCUT2D eigenvalue weighted by molar-refractivity contribution is 0.443. The summed E-state index contributed by atoms with van der Waals surface area (Å²) in [7, 11) is 3.99. The molecule has 33 heavy (non-hydrogen) atoms. The fraction of sp³-hybridized carbons (Fsp3) is 0.321. The summed E-state index contributed by atoms with van der Waals surface area (Å²) in [6.07, 6.45) is 6.77. The molecule has 170 valence electrons. The summed E-state index contributed by atoms with van der Waals surface area (Å²) < 4.78 is 3.05. The molecule has 5 heteroatoms. The van der Waals surface area contributed by atoms with Gasteiger partial charge in [-0.15, -0.1) is 0 Å². The Morgan fingerprint density at radius 1 is 0.909 bits per heavy atom. The predicted molar refractivity (Wildman–Crippen MR) is 141 cm³/mol. The molecule has 0 aromatic heterocycles. The minimum absolute atomic E-state index is 0.633. The predicted octanol–water partition coefficient (Wildman–Crippen LogP) is 7.65. The van der Waals surface area contributed by atoms with Gasteiger partial charge in [0.25, 0.3) is 0 Å². The molecule has 4 rings (SSSR count). The Labute approximate surface area is 202 Å². The van der Waals surface area contributed by atoms with Crippen molar-refractivity contribution >= 4 is 34.7 Å². The van der Waals surface area contributed by atoms with Crippen LogP contribution in [0.4, 0.5) is 22.7 Å². The van der Waals surface area contributed by atoms with Gasteiger partial charge >= 0.3 is 0 Å². The van der Waals surface area contributed by atoms with Crippen molar-refractivity contribution < 1.29 is 0 Å².